The molecule has 1 aliphatic heterocycles. The van der Waals surface area contributed by atoms with Crippen LogP contribution in [0.5, 0.6) is 0 Å². The van der Waals surface area contributed by atoms with Gasteiger partial charge in [0.1, 0.15) is 12.1 Å². The van der Waals surface area contributed by atoms with Gasteiger partial charge >= 0.3 is 12.0 Å². The molecule has 3 rings (SSSR count). The minimum atomic E-state index is -1.31. The molecule has 1 aliphatic rings. The average Bonchev–Trinajstić information content (AvgIpc) is 2.79. The number of nitrogen functional groups attached to an aromatic ring is 1. The summed E-state index contributed by atoms with van der Waals surface area (Å²) in [7, 11) is 0. The van der Waals surface area contributed by atoms with Crippen molar-refractivity contribution in [3.05, 3.63) is 65.7 Å². The minimum Gasteiger partial charge on any atom is -0.480 e. The molecule has 1 fully saturated rings. The minimum absolute atomic E-state index is 0.183. The van der Waals surface area contributed by atoms with Gasteiger partial charge in [-0.1, -0.05) is 42.5 Å². The number of carboxylic acid groups (broad SMARTS) is 1. The van der Waals surface area contributed by atoms with Crippen LogP contribution in [0.1, 0.15) is 18.1 Å². The SMILES string of the molecule is C[C@@]1(c2ccc(N)cc2)C(=O)N(CC(=O)O)C(=O)N1Cc1ccccc1. The van der Waals surface area contributed by atoms with Crippen molar-refractivity contribution >= 4 is 23.6 Å². The number of rotatable bonds is 5. The van der Waals surface area contributed by atoms with Crippen molar-refractivity contribution in [3.63, 3.8) is 0 Å². The molecule has 2 aromatic rings. The summed E-state index contributed by atoms with van der Waals surface area (Å²) in [6, 6.07) is 15.3. The van der Waals surface area contributed by atoms with Crippen LogP contribution in [-0.2, 0) is 21.7 Å². The van der Waals surface area contributed by atoms with Crippen LogP contribution in [-0.4, -0.2) is 39.4 Å². The van der Waals surface area contributed by atoms with E-state index in [-0.39, 0.29) is 6.54 Å². The van der Waals surface area contributed by atoms with Gasteiger partial charge in [-0.25, -0.2) is 4.79 Å². The summed E-state index contributed by atoms with van der Waals surface area (Å²) in [4.78, 5) is 39.2. The Balaban J connectivity index is 2.06. The third-order valence-electron chi connectivity index (χ3n) is 4.61. The predicted molar refractivity (Wildman–Crippen MR) is 94.9 cm³/mol. The summed E-state index contributed by atoms with van der Waals surface area (Å²) in [5, 5.41) is 9.08. The second-order valence-electron chi connectivity index (χ2n) is 6.33. The highest BCUT2D eigenvalue weighted by molar-refractivity contribution is 6.08. The summed E-state index contributed by atoms with van der Waals surface area (Å²) < 4.78 is 0. The zero-order valence-corrected chi connectivity index (χ0v) is 14.3. The molecule has 26 heavy (non-hydrogen) atoms. The molecule has 0 radical (unpaired) electrons. The summed E-state index contributed by atoms with van der Waals surface area (Å²) in [5.74, 6) is -1.81. The maximum Gasteiger partial charge on any atom is 0.328 e. The maximum atomic E-state index is 13.0. The molecule has 134 valence electrons. The highest BCUT2D eigenvalue weighted by Crippen LogP contribution is 2.38. The number of aliphatic carboxylic acids is 1. The van der Waals surface area contributed by atoms with Crippen molar-refractivity contribution < 1.29 is 19.5 Å². The average molecular weight is 353 g/mol. The normalized spacial score (nSPS) is 19.9. The van der Waals surface area contributed by atoms with Gasteiger partial charge in [0.05, 0.1) is 0 Å². The number of hydrogen-bond acceptors (Lipinski definition) is 4. The number of nitrogens with zero attached hydrogens (tertiary/aromatic N) is 2. The molecule has 0 unspecified atom stereocenters. The second-order valence-corrected chi connectivity index (χ2v) is 6.33. The number of urea groups is 1. The van der Waals surface area contributed by atoms with Crippen molar-refractivity contribution in [1.82, 2.24) is 9.80 Å². The van der Waals surface area contributed by atoms with Crippen molar-refractivity contribution in [2.45, 2.75) is 19.0 Å². The molecule has 3 N–H and O–H groups in total. The fourth-order valence-corrected chi connectivity index (χ4v) is 3.16. The van der Waals surface area contributed by atoms with Gasteiger partial charge < -0.3 is 15.7 Å². The predicted octanol–water partition coefficient (Wildman–Crippen LogP) is 2.03. The van der Waals surface area contributed by atoms with E-state index in [2.05, 4.69) is 0 Å². The Morgan fingerprint density at radius 2 is 1.69 bits per heavy atom. The van der Waals surface area contributed by atoms with Crippen LogP contribution in [0.25, 0.3) is 0 Å². The van der Waals surface area contributed by atoms with Crippen molar-refractivity contribution in [2.24, 2.45) is 0 Å². The number of imide groups is 1. The highest BCUT2D eigenvalue weighted by Gasteiger charge is 2.55. The van der Waals surface area contributed by atoms with Gasteiger partial charge in [-0.05, 0) is 30.2 Å². The maximum absolute atomic E-state index is 13.0. The first-order valence-corrected chi connectivity index (χ1v) is 8.09. The standard InChI is InChI=1S/C19H19N3O4/c1-19(14-7-9-15(20)10-8-14)17(25)21(12-16(23)24)18(26)22(19)11-13-5-3-2-4-6-13/h2-10H,11-12,20H2,1H3,(H,23,24)/t19-/m1/s1. The molecule has 1 heterocycles. The summed E-state index contributed by atoms with van der Waals surface area (Å²) in [6.45, 7) is 1.14. The fraction of sp³-hybridized carbons (Fsp3) is 0.211. The topological polar surface area (TPSA) is 104 Å². The van der Waals surface area contributed by atoms with Crippen molar-refractivity contribution in [2.75, 3.05) is 12.3 Å². The van der Waals surface area contributed by atoms with E-state index >= 15 is 0 Å². The van der Waals surface area contributed by atoms with Gasteiger partial charge in [0, 0.05) is 12.2 Å². The quantitative estimate of drug-likeness (QED) is 0.632. The van der Waals surface area contributed by atoms with Gasteiger partial charge in [-0.2, -0.15) is 0 Å². The Bertz CT molecular complexity index is 851. The summed E-state index contributed by atoms with van der Waals surface area (Å²) in [5.41, 5.74) is 6.37. The largest absolute Gasteiger partial charge is 0.480 e. The molecule has 0 aromatic heterocycles. The number of carbonyl (C=O) groups excluding carboxylic acids is 2. The van der Waals surface area contributed by atoms with Gasteiger partial charge in [-0.3, -0.25) is 14.5 Å². The Morgan fingerprint density at radius 1 is 1.08 bits per heavy atom. The van der Waals surface area contributed by atoms with Gasteiger partial charge in [0.25, 0.3) is 5.91 Å². The zero-order chi connectivity index (χ0) is 18.9. The van der Waals surface area contributed by atoms with E-state index in [1.54, 1.807) is 31.2 Å². The van der Waals surface area contributed by atoms with Crippen LogP contribution in [0.15, 0.2) is 54.6 Å². The lowest BCUT2D eigenvalue weighted by Gasteiger charge is -2.32. The molecule has 0 spiro atoms. The first-order valence-electron chi connectivity index (χ1n) is 8.09. The molecule has 3 amide bonds. The number of amides is 3. The molecule has 0 bridgehead atoms. The molecule has 7 nitrogen and oxygen atoms in total. The van der Waals surface area contributed by atoms with E-state index in [1.165, 1.54) is 4.90 Å². The number of carbonyl (C=O) groups is 3. The molecule has 0 saturated carbocycles. The smallest absolute Gasteiger partial charge is 0.328 e. The van der Waals surface area contributed by atoms with Crippen LogP contribution in [0, 0.1) is 0 Å². The molecule has 1 atom stereocenters. The highest BCUT2D eigenvalue weighted by atomic mass is 16.4. The van der Waals surface area contributed by atoms with E-state index < -0.39 is 30.0 Å². The first-order chi connectivity index (χ1) is 12.3. The third-order valence-corrected chi connectivity index (χ3v) is 4.61. The fourth-order valence-electron chi connectivity index (χ4n) is 3.16. The Labute approximate surface area is 150 Å². The first kappa shape index (κ1) is 17.5. The number of anilines is 1. The van der Waals surface area contributed by atoms with Crippen LogP contribution in [0.3, 0.4) is 0 Å². The number of carboxylic acids is 1. The van der Waals surface area contributed by atoms with E-state index in [1.807, 2.05) is 30.3 Å². The zero-order valence-electron chi connectivity index (χ0n) is 14.3. The van der Waals surface area contributed by atoms with Gasteiger partial charge in [0.2, 0.25) is 0 Å². The lowest BCUT2D eigenvalue weighted by atomic mass is 9.89. The number of nitrogens with two attached hydrogens (primary N) is 1. The molecule has 7 heteroatoms. The molecule has 1 saturated heterocycles. The third kappa shape index (κ3) is 2.88. The van der Waals surface area contributed by atoms with E-state index in [9.17, 15) is 14.4 Å². The van der Waals surface area contributed by atoms with E-state index in [0.29, 0.717) is 11.3 Å². The van der Waals surface area contributed by atoms with Crippen LogP contribution in [0.4, 0.5) is 10.5 Å². The van der Waals surface area contributed by atoms with Crippen LogP contribution < -0.4 is 5.73 Å². The lowest BCUT2D eigenvalue weighted by Crippen LogP contribution is -2.44. The molecular weight excluding hydrogens is 334 g/mol. The Kier molecular flexibility index (Phi) is 4.38. The second kappa shape index (κ2) is 6.51. The molecule has 2 aromatic carbocycles. The Hall–Kier alpha value is -3.35. The molecule has 0 aliphatic carbocycles. The number of hydrogen-bond donors (Lipinski definition) is 2. The number of benzene rings is 2. The van der Waals surface area contributed by atoms with Gasteiger partial charge in [0.15, 0.2) is 0 Å². The monoisotopic (exact) mass is 353 g/mol. The van der Waals surface area contributed by atoms with Crippen LogP contribution in [0.2, 0.25) is 0 Å². The molecular formula is C19H19N3O4. The van der Waals surface area contributed by atoms with Crippen LogP contribution >= 0.6 is 0 Å². The summed E-state index contributed by atoms with van der Waals surface area (Å²) >= 11 is 0. The van der Waals surface area contributed by atoms with Gasteiger partial charge in [-0.15, -0.1) is 0 Å². The van der Waals surface area contributed by atoms with E-state index in [4.69, 9.17) is 10.8 Å². The van der Waals surface area contributed by atoms with Crippen molar-refractivity contribution in [1.29, 1.82) is 0 Å². The Morgan fingerprint density at radius 3 is 2.27 bits per heavy atom. The lowest BCUT2D eigenvalue weighted by molar-refractivity contribution is -0.143. The van der Waals surface area contributed by atoms with Crippen molar-refractivity contribution in [3.8, 4) is 0 Å². The van der Waals surface area contributed by atoms with E-state index in [0.717, 1.165) is 10.5 Å². The summed E-state index contributed by atoms with van der Waals surface area (Å²) in [6.07, 6.45) is 0.